The molecule has 0 spiro atoms. The van der Waals surface area contributed by atoms with E-state index in [1.54, 1.807) is 6.21 Å². The zero-order chi connectivity index (χ0) is 23.0. The molecule has 0 bridgehead atoms. The molecule has 5 nitrogen and oxygen atoms in total. The van der Waals surface area contributed by atoms with Crippen LogP contribution in [0.15, 0.2) is 40.9 Å². The van der Waals surface area contributed by atoms with E-state index in [0.29, 0.717) is 6.54 Å². The molecule has 0 aliphatic heterocycles. The molecule has 0 saturated carbocycles. The molecule has 32 heavy (non-hydrogen) atoms. The van der Waals surface area contributed by atoms with Crippen LogP contribution in [0.2, 0.25) is 0 Å². The molecule has 0 atom stereocenters. The summed E-state index contributed by atoms with van der Waals surface area (Å²) in [5, 5.41) is 6.90. The number of thioether (sulfide) groups is 1. The fraction of sp³-hybridized carbons (Fsp3) is 0.480. The van der Waals surface area contributed by atoms with E-state index in [1.165, 1.54) is 30.6 Å². The first-order chi connectivity index (χ1) is 15.7. The minimum Gasteiger partial charge on any atom is -0.338 e. The second kappa shape index (κ2) is 15.8. The van der Waals surface area contributed by atoms with Crippen molar-refractivity contribution in [1.29, 1.82) is 0 Å². The first-order valence-corrected chi connectivity index (χ1v) is 13.1. The van der Waals surface area contributed by atoms with Gasteiger partial charge in [-0.25, -0.2) is 4.79 Å². The summed E-state index contributed by atoms with van der Waals surface area (Å²) in [6.45, 7) is 7.31. The molecule has 2 N–H and O–H groups in total. The Hall–Kier alpha value is -1.99. The molecular weight excluding hydrogens is 436 g/mol. The minimum atomic E-state index is -0.0688. The van der Waals surface area contributed by atoms with Crippen molar-refractivity contribution in [2.75, 3.05) is 24.6 Å². The van der Waals surface area contributed by atoms with Gasteiger partial charge in [-0.05, 0) is 49.8 Å². The van der Waals surface area contributed by atoms with Crippen molar-refractivity contribution in [2.45, 2.75) is 56.8 Å². The van der Waals surface area contributed by atoms with Crippen LogP contribution in [-0.4, -0.2) is 41.8 Å². The highest BCUT2D eigenvalue weighted by atomic mass is 32.2. The molecule has 1 aromatic carbocycles. The minimum absolute atomic E-state index is 0.0688. The van der Waals surface area contributed by atoms with Gasteiger partial charge < -0.3 is 10.6 Å². The topological polar surface area (TPSA) is 66.4 Å². The highest BCUT2D eigenvalue weighted by Gasteiger charge is 2.11. The van der Waals surface area contributed by atoms with Gasteiger partial charge in [0.05, 0.1) is 11.2 Å². The van der Waals surface area contributed by atoms with Gasteiger partial charge in [0.2, 0.25) is 0 Å². The van der Waals surface area contributed by atoms with Crippen LogP contribution >= 0.6 is 24.4 Å². The van der Waals surface area contributed by atoms with Crippen LogP contribution in [0, 0.1) is 0 Å². The maximum Gasteiger partial charge on any atom is 0.314 e. The molecule has 0 unspecified atom stereocenters. The largest absolute Gasteiger partial charge is 0.338 e. The van der Waals surface area contributed by atoms with Gasteiger partial charge in [0.25, 0.3) is 0 Å². The molecule has 0 aliphatic rings. The SMILES string of the molecule is C=Cc1cc(SCCCCCCCCNC(=O)NCCCS)c2cccnc2c1N=CC. The number of nitrogens with one attached hydrogen (secondary N) is 2. The fourth-order valence-corrected chi connectivity index (χ4v) is 4.68. The predicted molar refractivity (Wildman–Crippen MR) is 144 cm³/mol. The van der Waals surface area contributed by atoms with Crippen molar-refractivity contribution in [3.8, 4) is 0 Å². The average Bonchev–Trinajstić information content (AvgIpc) is 2.81. The first kappa shape index (κ1) is 26.3. The zero-order valence-corrected chi connectivity index (χ0v) is 20.8. The molecule has 0 radical (unpaired) electrons. The van der Waals surface area contributed by atoms with E-state index in [1.807, 2.05) is 37.0 Å². The van der Waals surface area contributed by atoms with Crippen LogP contribution in [0.5, 0.6) is 0 Å². The monoisotopic (exact) mass is 472 g/mol. The Labute approximate surface area is 202 Å². The summed E-state index contributed by atoms with van der Waals surface area (Å²) >= 11 is 6.02. The number of benzene rings is 1. The summed E-state index contributed by atoms with van der Waals surface area (Å²) in [6, 6.07) is 6.23. The number of fused-ring (bicyclic) bond motifs is 1. The lowest BCUT2D eigenvalue weighted by atomic mass is 10.1. The van der Waals surface area contributed by atoms with Gasteiger partial charge in [-0.1, -0.05) is 44.4 Å². The number of unbranched alkanes of at least 4 members (excludes halogenated alkanes) is 5. The van der Waals surface area contributed by atoms with Crippen LogP contribution in [0.25, 0.3) is 17.0 Å². The van der Waals surface area contributed by atoms with Gasteiger partial charge in [0.15, 0.2) is 0 Å². The zero-order valence-electron chi connectivity index (χ0n) is 19.1. The van der Waals surface area contributed by atoms with E-state index < -0.39 is 0 Å². The molecular formula is C25H36N4OS2. The van der Waals surface area contributed by atoms with Crippen molar-refractivity contribution in [1.82, 2.24) is 15.6 Å². The summed E-state index contributed by atoms with van der Waals surface area (Å²) in [6.07, 6.45) is 13.4. The molecule has 0 saturated heterocycles. The number of aliphatic imine (C=N–C) groups is 1. The average molecular weight is 473 g/mol. The molecule has 2 rings (SSSR count). The third kappa shape index (κ3) is 8.87. The maximum absolute atomic E-state index is 11.5. The third-order valence-electron chi connectivity index (χ3n) is 5.07. The molecule has 1 heterocycles. The molecule has 2 aromatic rings. The van der Waals surface area contributed by atoms with Gasteiger partial charge in [-0.2, -0.15) is 12.6 Å². The number of pyridine rings is 1. The normalized spacial score (nSPS) is 11.2. The Morgan fingerprint density at radius 3 is 2.59 bits per heavy atom. The standard InChI is InChI=1S/C25H36N4OS2/c1-3-20-19-22(21-13-11-15-27-24(21)23(20)26-4-2)32-18-10-8-6-5-7-9-14-28-25(30)29-16-12-17-31/h3-4,11,13,15,19,31H,1,5-10,12,14,16-18H2,2H3,(H2,28,29,30). The highest BCUT2D eigenvalue weighted by molar-refractivity contribution is 7.99. The Kier molecular flexibility index (Phi) is 12.9. The lowest BCUT2D eigenvalue weighted by Crippen LogP contribution is -2.36. The number of carbonyl (C=O) groups is 1. The van der Waals surface area contributed by atoms with E-state index in [4.69, 9.17) is 0 Å². The maximum atomic E-state index is 11.5. The van der Waals surface area contributed by atoms with Gasteiger partial charge in [0.1, 0.15) is 0 Å². The number of amides is 2. The van der Waals surface area contributed by atoms with E-state index in [2.05, 4.69) is 52.0 Å². The van der Waals surface area contributed by atoms with Crippen LogP contribution in [0.1, 0.15) is 57.4 Å². The lowest BCUT2D eigenvalue weighted by molar-refractivity contribution is 0.240. The van der Waals surface area contributed by atoms with Crippen LogP contribution in [0.4, 0.5) is 10.5 Å². The van der Waals surface area contributed by atoms with Crippen molar-refractivity contribution in [2.24, 2.45) is 4.99 Å². The molecule has 0 fully saturated rings. The summed E-state index contributed by atoms with van der Waals surface area (Å²) in [4.78, 5) is 21.9. The van der Waals surface area contributed by atoms with E-state index in [0.717, 1.165) is 59.5 Å². The molecule has 174 valence electrons. The predicted octanol–water partition coefficient (Wildman–Crippen LogP) is 6.65. The molecule has 0 aliphatic carbocycles. The number of nitrogens with zero attached hydrogens (tertiary/aromatic N) is 2. The molecule has 7 heteroatoms. The fourth-order valence-electron chi connectivity index (χ4n) is 3.42. The van der Waals surface area contributed by atoms with Crippen molar-refractivity contribution in [3.05, 3.63) is 36.5 Å². The molecule has 2 amide bonds. The van der Waals surface area contributed by atoms with Crippen LogP contribution < -0.4 is 10.6 Å². The van der Waals surface area contributed by atoms with E-state index in [-0.39, 0.29) is 6.03 Å². The summed E-state index contributed by atoms with van der Waals surface area (Å²) in [5.74, 6) is 1.88. The van der Waals surface area contributed by atoms with E-state index >= 15 is 0 Å². The van der Waals surface area contributed by atoms with Crippen LogP contribution in [0.3, 0.4) is 0 Å². The number of thiol groups is 1. The van der Waals surface area contributed by atoms with Crippen molar-refractivity contribution < 1.29 is 4.79 Å². The van der Waals surface area contributed by atoms with Gasteiger partial charge >= 0.3 is 6.03 Å². The number of urea groups is 1. The Balaban J connectivity index is 1.67. The summed E-state index contributed by atoms with van der Waals surface area (Å²) in [5.41, 5.74) is 2.86. The first-order valence-electron chi connectivity index (χ1n) is 11.5. The third-order valence-corrected chi connectivity index (χ3v) is 6.53. The summed E-state index contributed by atoms with van der Waals surface area (Å²) < 4.78 is 0. The van der Waals surface area contributed by atoms with Crippen molar-refractivity contribution in [3.63, 3.8) is 0 Å². The summed E-state index contributed by atoms with van der Waals surface area (Å²) in [7, 11) is 0. The number of carbonyl (C=O) groups excluding carboxylic acids is 1. The quantitative estimate of drug-likeness (QED) is 0.118. The Morgan fingerprint density at radius 1 is 1.16 bits per heavy atom. The van der Waals surface area contributed by atoms with E-state index in [9.17, 15) is 4.79 Å². The smallest absolute Gasteiger partial charge is 0.314 e. The highest BCUT2D eigenvalue weighted by Crippen LogP contribution is 2.37. The number of hydrogen-bond donors (Lipinski definition) is 3. The van der Waals surface area contributed by atoms with Gasteiger partial charge in [0, 0.05) is 41.3 Å². The van der Waals surface area contributed by atoms with Gasteiger partial charge in [-0.3, -0.25) is 9.98 Å². The Bertz CT molecular complexity index is 886. The second-order valence-electron chi connectivity index (χ2n) is 7.53. The van der Waals surface area contributed by atoms with Crippen LogP contribution in [-0.2, 0) is 0 Å². The van der Waals surface area contributed by atoms with Crippen molar-refractivity contribution >= 4 is 59.3 Å². The molecule has 1 aromatic heterocycles. The lowest BCUT2D eigenvalue weighted by Gasteiger charge is -2.11. The second-order valence-corrected chi connectivity index (χ2v) is 9.12. The Morgan fingerprint density at radius 2 is 1.88 bits per heavy atom. The number of aromatic nitrogens is 1. The number of hydrogen-bond acceptors (Lipinski definition) is 5. The van der Waals surface area contributed by atoms with Gasteiger partial charge in [-0.15, -0.1) is 11.8 Å². The number of rotatable bonds is 15.